The number of hydrogen-bond acceptors (Lipinski definition) is 0. The summed E-state index contributed by atoms with van der Waals surface area (Å²) < 4.78 is 0. The molecule has 1 aromatic carbocycles. The summed E-state index contributed by atoms with van der Waals surface area (Å²) in [5.74, 6) is 2.88. The molecule has 0 aliphatic heterocycles. The maximum Gasteiger partial charge on any atom is 0.0449 e. The summed E-state index contributed by atoms with van der Waals surface area (Å²) in [7, 11) is 0. The average Bonchev–Trinajstić information content (AvgIpc) is 2.09. The van der Waals surface area contributed by atoms with Crippen molar-refractivity contribution < 1.29 is 0 Å². The third kappa shape index (κ3) is 1.85. The molecule has 0 aliphatic carbocycles. The molecule has 0 nitrogen and oxygen atoms in total. The van der Waals surface area contributed by atoms with Gasteiger partial charge in [0.1, 0.15) is 0 Å². The van der Waals surface area contributed by atoms with Gasteiger partial charge in [0.2, 0.25) is 0 Å². The number of terminal acetylenes is 1. The standard InChI is InChI=1S/C11H11/c1-3-10(4-2)11-8-6-5-7-9-11/h1,5-10H,2,4H2. The van der Waals surface area contributed by atoms with Crippen LogP contribution in [-0.2, 0) is 0 Å². The lowest BCUT2D eigenvalue weighted by atomic mass is 9.98. The van der Waals surface area contributed by atoms with Crippen LogP contribution in [0.5, 0.6) is 0 Å². The minimum atomic E-state index is 0.177. The van der Waals surface area contributed by atoms with Gasteiger partial charge in [-0.05, 0) is 12.0 Å². The first-order chi connectivity index (χ1) is 5.38. The molecule has 0 heterocycles. The zero-order valence-electron chi connectivity index (χ0n) is 6.46. The first-order valence-electron chi connectivity index (χ1n) is 3.68. The van der Waals surface area contributed by atoms with E-state index in [9.17, 15) is 0 Å². The quantitative estimate of drug-likeness (QED) is 0.558. The summed E-state index contributed by atoms with van der Waals surface area (Å²) in [6.07, 6.45) is 6.09. The van der Waals surface area contributed by atoms with E-state index in [1.54, 1.807) is 0 Å². The first kappa shape index (κ1) is 7.88. The highest BCUT2D eigenvalue weighted by Gasteiger charge is 2.02. The van der Waals surface area contributed by atoms with Crippen molar-refractivity contribution in [2.75, 3.05) is 0 Å². The maximum atomic E-state index is 5.33. The van der Waals surface area contributed by atoms with Gasteiger partial charge < -0.3 is 0 Å². The molecule has 0 aromatic heterocycles. The largest absolute Gasteiger partial charge is 0.119 e. The number of hydrogen-bond donors (Lipinski definition) is 0. The summed E-state index contributed by atoms with van der Waals surface area (Å²) in [5, 5.41) is 0. The van der Waals surface area contributed by atoms with Crippen LogP contribution in [0.25, 0.3) is 0 Å². The van der Waals surface area contributed by atoms with E-state index < -0.39 is 0 Å². The summed E-state index contributed by atoms with van der Waals surface area (Å²) in [6, 6.07) is 10.1. The summed E-state index contributed by atoms with van der Waals surface area (Å²) in [5.41, 5.74) is 1.19. The van der Waals surface area contributed by atoms with Gasteiger partial charge in [-0.3, -0.25) is 0 Å². The first-order valence-corrected chi connectivity index (χ1v) is 3.68. The van der Waals surface area contributed by atoms with E-state index in [1.807, 2.05) is 30.3 Å². The monoisotopic (exact) mass is 143 g/mol. The van der Waals surface area contributed by atoms with Crippen molar-refractivity contribution in [1.82, 2.24) is 0 Å². The Morgan fingerprint density at radius 3 is 2.45 bits per heavy atom. The Labute approximate surface area is 68.3 Å². The zero-order valence-corrected chi connectivity index (χ0v) is 6.46. The molecular weight excluding hydrogens is 132 g/mol. The topological polar surface area (TPSA) is 0 Å². The Morgan fingerprint density at radius 2 is 2.00 bits per heavy atom. The van der Waals surface area contributed by atoms with Gasteiger partial charge in [0.05, 0.1) is 0 Å². The smallest absolute Gasteiger partial charge is 0.0449 e. The lowest BCUT2D eigenvalue weighted by molar-refractivity contribution is 0.891. The van der Waals surface area contributed by atoms with Crippen molar-refractivity contribution in [3.05, 3.63) is 42.8 Å². The molecule has 1 radical (unpaired) electrons. The third-order valence-corrected chi connectivity index (χ3v) is 1.69. The van der Waals surface area contributed by atoms with Crippen LogP contribution in [0.2, 0.25) is 0 Å². The molecule has 0 spiro atoms. The SMILES string of the molecule is C#CC(C[CH2])c1ccccc1. The van der Waals surface area contributed by atoms with Crippen LogP contribution >= 0.6 is 0 Å². The van der Waals surface area contributed by atoms with E-state index in [1.165, 1.54) is 5.56 Å². The van der Waals surface area contributed by atoms with Crippen LogP contribution in [0.4, 0.5) is 0 Å². The Morgan fingerprint density at radius 1 is 1.36 bits per heavy atom. The molecule has 0 amide bonds. The fourth-order valence-electron chi connectivity index (χ4n) is 1.03. The van der Waals surface area contributed by atoms with Crippen LogP contribution in [0.15, 0.2) is 30.3 Å². The normalized spacial score (nSPS) is 12.0. The fourth-order valence-corrected chi connectivity index (χ4v) is 1.03. The van der Waals surface area contributed by atoms with Gasteiger partial charge in [-0.1, -0.05) is 43.2 Å². The predicted molar refractivity (Wildman–Crippen MR) is 48.0 cm³/mol. The van der Waals surface area contributed by atoms with Gasteiger partial charge in [-0.2, -0.15) is 0 Å². The van der Waals surface area contributed by atoms with Gasteiger partial charge in [-0.15, -0.1) is 6.42 Å². The summed E-state index contributed by atoms with van der Waals surface area (Å²) >= 11 is 0. The Hall–Kier alpha value is -1.22. The molecule has 0 saturated carbocycles. The summed E-state index contributed by atoms with van der Waals surface area (Å²) in [6.45, 7) is 3.79. The van der Waals surface area contributed by atoms with Crippen LogP contribution in [0.3, 0.4) is 0 Å². The van der Waals surface area contributed by atoms with Crippen molar-refractivity contribution >= 4 is 0 Å². The van der Waals surface area contributed by atoms with Crippen LogP contribution in [0.1, 0.15) is 17.9 Å². The second kappa shape index (κ2) is 3.83. The summed E-state index contributed by atoms with van der Waals surface area (Å²) in [4.78, 5) is 0. The van der Waals surface area contributed by atoms with Gasteiger partial charge in [0.25, 0.3) is 0 Å². The minimum absolute atomic E-state index is 0.177. The van der Waals surface area contributed by atoms with Crippen molar-refractivity contribution in [2.45, 2.75) is 12.3 Å². The van der Waals surface area contributed by atoms with Crippen molar-refractivity contribution in [3.8, 4) is 12.3 Å². The minimum Gasteiger partial charge on any atom is -0.119 e. The lowest BCUT2D eigenvalue weighted by Crippen LogP contribution is -1.91. The lowest BCUT2D eigenvalue weighted by Gasteiger charge is -2.05. The van der Waals surface area contributed by atoms with Crippen molar-refractivity contribution in [2.24, 2.45) is 0 Å². The van der Waals surface area contributed by atoms with E-state index in [-0.39, 0.29) is 5.92 Å². The molecular formula is C11H11. The van der Waals surface area contributed by atoms with Crippen molar-refractivity contribution in [1.29, 1.82) is 0 Å². The Bertz CT molecular complexity index is 240. The van der Waals surface area contributed by atoms with Crippen LogP contribution in [-0.4, -0.2) is 0 Å². The predicted octanol–water partition coefficient (Wildman–Crippen LogP) is 2.63. The van der Waals surface area contributed by atoms with Gasteiger partial charge in [-0.25, -0.2) is 0 Å². The molecule has 1 unspecified atom stereocenters. The average molecular weight is 143 g/mol. The molecule has 0 saturated heterocycles. The molecule has 11 heavy (non-hydrogen) atoms. The second-order valence-corrected chi connectivity index (χ2v) is 2.42. The van der Waals surface area contributed by atoms with Gasteiger partial charge >= 0.3 is 0 Å². The molecule has 0 aliphatic rings. The van der Waals surface area contributed by atoms with E-state index >= 15 is 0 Å². The van der Waals surface area contributed by atoms with E-state index in [2.05, 4.69) is 12.8 Å². The Kier molecular flexibility index (Phi) is 2.74. The van der Waals surface area contributed by atoms with Crippen molar-refractivity contribution in [3.63, 3.8) is 0 Å². The molecule has 0 bridgehead atoms. The highest BCUT2D eigenvalue weighted by Crippen LogP contribution is 2.16. The zero-order chi connectivity index (χ0) is 8.10. The highest BCUT2D eigenvalue weighted by molar-refractivity contribution is 5.26. The maximum absolute atomic E-state index is 5.33. The van der Waals surface area contributed by atoms with E-state index in [0.717, 1.165) is 6.42 Å². The fraction of sp³-hybridized carbons (Fsp3) is 0.182. The molecule has 1 aromatic rings. The number of rotatable bonds is 2. The molecule has 55 valence electrons. The number of benzene rings is 1. The van der Waals surface area contributed by atoms with Crippen LogP contribution < -0.4 is 0 Å². The van der Waals surface area contributed by atoms with E-state index in [4.69, 9.17) is 6.42 Å². The molecule has 0 N–H and O–H groups in total. The molecule has 0 fully saturated rings. The van der Waals surface area contributed by atoms with E-state index in [0.29, 0.717) is 0 Å². The van der Waals surface area contributed by atoms with Gasteiger partial charge in [0.15, 0.2) is 0 Å². The van der Waals surface area contributed by atoms with Gasteiger partial charge in [0, 0.05) is 5.92 Å². The molecule has 1 atom stereocenters. The highest BCUT2D eigenvalue weighted by atomic mass is 14.1. The molecule has 0 heteroatoms. The second-order valence-electron chi connectivity index (χ2n) is 2.42. The molecule has 1 rings (SSSR count). The Balaban J connectivity index is 2.85. The van der Waals surface area contributed by atoms with Crippen LogP contribution in [0, 0.1) is 19.3 Å². The third-order valence-electron chi connectivity index (χ3n) is 1.69.